The number of alkyl halides is 1. The molecular weight excluding hydrogens is 346 g/mol. The van der Waals surface area contributed by atoms with Gasteiger partial charge in [0.25, 0.3) is 5.91 Å². The Bertz CT molecular complexity index is 747. The van der Waals surface area contributed by atoms with Gasteiger partial charge in [0.05, 0.1) is 5.69 Å². The topological polar surface area (TPSA) is 57.6 Å². The smallest absolute Gasteiger partial charge is 0.265 e. The standard InChI is InChI=1S/C17H14BrNO3/c1-19-13-10-6-5-9-12(13)17(22,16(19)21)15(18)14(20)11-7-3-2-4-8-11/h2-10,15,22H,1H3/t15-,17-/m1/s1. The zero-order valence-electron chi connectivity index (χ0n) is 11.9. The number of hydrogen-bond donors (Lipinski definition) is 1. The lowest BCUT2D eigenvalue weighted by molar-refractivity contribution is -0.134. The first kappa shape index (κ1) is 14.9. The van der Waals surface area contributed by atoms with E-state index in [-0.39, 0.29) is 5.78 Å². The Morgan fingerprint density at radius 3 is 2.41 bits per heavy atom. The molecule has 0 unspecified atom stereocenters. The number of carbonyl (C=O) groups is 2. The van der Waals surface area contributed by atoms with E-state index >= 15 is 0 Å². The van der Waals surface area contributed by atoms with Gasteiger partial charge in [-0.1, -0.05) is 64.5 Å². The molecule has 2 atom stereocenters. The van der Waals surface area contributed by atoms with E-state index in [2.05, 4.69) is 15.9 Å². The van der Waals surface area contributed by atoms with E-state index in [1.807, 2.05) is 0 Å². The van der Waals surface area contributed by atoms with Crippen molar-refractivity contribution >= 4 is 33.3 Å². The van der Waals surface area contributed by atoms with Crippen molar-refractivity contribution in [2.75, 3.05) is 11.9 Å². The molecule has 1 amide bonds. The molecule has 22 heavy (non-hydrogen) atoms. The van der Waals surface area contributed by atoms with Crippen LogP contribution in [0, 0.1) is 0 Å². The number of para-hydroxylation sites is 1. The quantitative estimate of drug-likeness (QED) is 0.676. The second-order valence-corrected chi connectivity index (χ2v) is 6.16. The van der Waals surface area contributed by atoms with Crippen molar-refractivity contribution in [1.29, 1.82) is 0 Å². The van der Waals surface area contributed by atoms with Crippen LogP contribution in [0.15, 0.2) is 54.6 Å². The molecule has 0 fully saturated rings. The highest BCUT2D eigenvalue weighted by Gasteiger charge is 2.55. The first-order chi connectivity index (χ1) is 10.5. The number of Topliss-reactive ketones (excluding diaryl/α,β-unsaturated/α-hetero) is 1. The summed E-state index contributed by atoms with van der Waals surface area (Å²) in [5.74, 6) is -0.846. The second kappa shape index (κ2) is 5.34. The fourth-order valence-electron chi connectivity index (χ4n) is 2.75. The Hall–Kier alpha value is -1.98. The molecule has 0 bridgehead atoms. The first-order valence-electron chi connectivity index (χ1n) is 6.81. The Kier molecular flexibility index (Phi) is 3.62. The van der Waals surface area contributed by atoms with Crippen LogP contribution in [0.4, 0.5) is 5.69 Å². The monoisotopic (exact) mass is 359 g/mol. The SMILES string of the molecule is CN1C(=O)[C@](O)([C@H](Br)C(=O)c2ccccc2)c2ccccc21. The molecular formula is C17H14BrNO3. The minimum absolute atomic E-state index is 0.332. The van der Waals surface area contributed by atoms with Crippen LogP contribution in [-0.4, -0.2) is 28.7 Å². The summed E-state index contributed by atoms with van der Waals surface area (Å²) in [5, 5.41) is 11.0. The largest absolute Gasteiger partial charge is 0.374 e. The maximum Gasteiger partial charge on any atom is 0.265 e. The highest BCUT2D eigenvalue weighted by atomic mass is 79.9. The number of benzene rings is 2. The van der Waals surface area contributed by atoms with Gasteiger partial charge < -0.3 is 10.0 Å². The number of halogens is 1. The van der Waals surface area contributed by atoms with Crippen LogP contribution in [0.3, 0.4) is 0 Å². The van der Waals surface area contributed by atoms with Gasteiger partial charge in [-0.25, -0.2) is 0 Å². The minimum Gasteiger partial charge on any atom is -0.374 e. The van der Waals surface area contributed by atoms with Crippen molar-refractivity contribution in [2.24, 2.45) is 0 Å². The average molecular weight is 360 g/mol. The normalized spacial score (nSPS) is 21.6. The first-order valence-corrected chi connectivity index (χ1v) is 7.73. The number of fused-ring (bicyclic) bond motifs is 1. The summed E-state index contributed by atoms with van der Waals surface area (Å²) in [6, 6.07) is 15.6. The predicted octanol–water partition coefficient (Wildman–Crippen LogP) is 2.50. The highest BCUT2D eigenvalue weighted by molar-refractivity contribution is 9.10. The number of anilines is 1. The van der Waals surface area contributed by atoms with Gasteiger partial charge in [-0.05, 0) is 6.07 Å². The molecule has 3 rings (SSSR count). The third-order valence-electron chi connectivity index (χ3n) is 3.96. The molecule has 1 N–H and O–H groups in total. The molecule has 1 heterocycles. The summed E-state index contributed by atoms with van der Waals surface area (Å²) in [6.07, 6.45) is 0. The molecule has 1 aliphatic rings. The molecule has 0 saturated carbocycles. The zero-order valence-corrected chi connectivity index (χ0v) is 13.4. The minimum atomic E-state index is -1.90. The van der Waals surface area contributed by atoms with Crippen LogP contribution in [0.25, 0.3) is 0 Å². The van der Waals surface area contributed by atoms with Gasteiger partial charge in [0.2, 0.25) is 0 Å². The van der Waals surface area contributed by atoms with Crippen LogP contribution in [0.2, 0.25) is 0 Å². The van der Waals surface area contributed by atoms with Gasteiger partial charge in [0.15, 0.2) is 11.4 Å². The Morgan fingerprint density at radius 2 is 1.73 bits per heavy atom. The van der Waals surface area contributed by atoms with Gasteiger partial charge in [-0.3, -0.25) is 9.59 Å². The molecule has 0 aromatic heterocycles. The van der Waals surface area contributed by atoms with Gasteiger partial charge in [0.1, 0.15) is 4.83 Å². The highest BCUT2D eigenvalue weighted by Crippen LogP contribution is 2.44. The molecule has 4 nitrogen and oxygen atoms in total. The third-order valence-corrected chi connectivity index (χ3v) is 5.04. The number of nitrogens with zero attached hydrogens (tertiary/aromatic N) is 1. The Labute approximate surface area is 136 Å². The summed E-state index contributed by atoms with van der Waals surface area (Å²) in [7, 11) is 1.59. The van der Waals surface area contributed by atoms with Gasteiger partial charge in [-0.15, -0.1) is 0 Å². The number of amides is 1. The van der Waals surface area contributed by atoms with Crippen molar-refractivity contribution in [3.05, 3.63) is 65.7 Å². The van der Waals surface area contributed by atoms with Crippen LogP contribution in [0.1, 0.15) is 15.9 Å². The number of likely N-dealkylation sites (N-methyl/N-ethyl adjacent to an activating group) is 1. The molecule has 1 aliphatic heterocycles. The van der Waals surface area contributed by atoms with Crippen LogP contribution in [-0.2, 0) is 10.4 Å². The van der Waals surface area contributed by atoms with Crippen LogP contribution < -0.4 is 4.90 Å². The predicted molar refractivity (Wildman–Crippen MR) is 87.2 cm³/mol. The summed E-state index contributed by atoms with van der Waals surface area (Å²) in [4.78, 5) is 25.5. The summed E-state index contributed by atoms with van der Waals surface area (Å²) in [5.41, 5.74) is -0.412. The van der Waals surface area contributed by atoms with E-state index < -0.39 is 16.3 Å². The summed E-state index contributed by atoms with van der Waals surface area (Å²) >= 11 is 3.25. The maximum atomic E-state index is 12.6. The van der Waals surface area contributed by atoms with E-state index in [1.54, 1.807) is 61.6 Å². The van der Waals surface area contributed by atoms with Crippen molar-refractivity contribution in [2.45, 2.75) is 10.4 Å². The van der Waals surface area contributed by atoms with E-state index in [0.29, 0.717) is 16.8 Å². The number of aliphatic hydroxyl groups is 1. The number of rotatable bonds is 3. The van der Waals surface area contributed by atoms with Crippen molar-refractivity contribution < 1.29 is 14.7 Å². The van der Waals surface area contributed by atoms with E-state index in [9.17, 15) is 14.7 Å². The van der Waals surface area contributed by atoms with Crippen LogP contribution in [0.5, 0.6) is 0 Å². The lowest BCUT2D eigenvalue weighted by atomic mass is 9.88. The molecule has 5 heteroatoms. The summed E-state index contributed by atoms with van der Waals surface area (Å²) in [6.45, 7) is 0. The molecule has 0 radical (unpaired) electrons. The molecule has 0 saturated heterocycles. The summed E-state index contributed by atoms with van der Waals surface area (Å²) < 4.78 is 0. The fraction of sp³-hybridized carbons (Fsp3) is 0.176. The van der Waals surface area contributed by atoms with Gasteiger partial charge in [0, 0.05) is 18.2 Å². The van der Waals surface area contributed by atoms with E-state index in [0.717, 1.165) is 0 Å². The zero-order chi connectivity index (χ0) is 15.9. The average Bonchev–Trinajstić information content (AvgIpc) is 2.77. The molecule has 2 aromatic carbocycles. The molecule has 112 valence electrons. The Morgan fingerprint density at radius 1 is 1.14 bits per heavy atom. The maximum absolute atomic E-state index is 12.6. The Balaban J connectivity index is 2.07. The van der Waals surface area contributed by atoms with Gasteiger partial charge in [-0.2, -0.15) is 0 Å². The fourth-order valence-corrected chi connectivity index (χ4v) is 3.46. The number of ketones is 1. The third kappa shape index (κ3) is 2.01. The van der Waals surface area contributed by atoms with Crippen molar-refractivity contribution in [3.63, 3.8) is 0 Å². The van der Waals surface area contributed by atoms with Crippen molar-refractivity contribution in [3.8, 4) is 0 Å². The molecule has 0 spiro atoms. The molecule has 2 aromatic rings. The van der Waals surface area contributed by atoms with Gasteiger partial charge >= 0.3 is 0 Å². The van der Waals surface area contributed by atoms with Crippen LogP contribution >= 0.6 is 15.9 Å². The van der Waals surface area contributed by atoms with E-state index in [1.165, 1.54) is 4.90 Å². The molecule has 0 aliphatic carbocycles. The van der Waals surface area contributed by atoms with E-state index in [4.69, 9.17) is 0 Å². The number of carbonyl (C=O) groups excluding carboxylic acids is 2. The van der Waals surface area contributed by atoms with Crippen molar-refractivity contribution in [1.82, 2.24) is 0 Å². The number of hydrogen-bond acceptors (Lipinski definition) is 3. The lowest BCUT2D eigenvalue weighted by Crippen LogP contribution is -2.48. The lowest BCUT2D eigenvalue weighted by Gasteiger charge is -2.26. The second-order valence-electron chi connectivity index (χ2n) is 5.24.